The van der Waals surface area contributed by atoms with Crippen LogP contribution in [0.2, 0.25) is 0 Å². The number of hydrogen-bond acceptors (Lipinski definition) is 1. The molecule has 0 aromatic heterocycles. The SMILES string of the molecule is Cc1cc(C)cc(CCCC(O)c2ccccc2)c1. The largest absolute Gasteiger partial charge is 0.388 e. The fourth-order valence-electron chi connectivity index (χ4n) is 2.55. The quantitative estimate of drug-likeness (QED) is 0.840. The first kappa shape index (κ1) is 13.8. The molecule has 0 aliphatic carbocycles. The van der Waals surface area contributed by atoms with E-state index in [1.165, 1.54) is 16.7 Å². The normalized spacial score (nSPS) is 12.4. The Morgan fingerprint density at radius 3 is 2.21 bits per heavy atom. The Hall–Kier alpha value is -1.60. The van der Waals surface area contributed by atoms with Gasteiger partial charge in [-0.15, -0.1) is 0 Å². The predicted octanol–water partition coefficient (Wildman–Crippen LogP) is 4.36. The van der Waals surface area contributed by atoms with E-state index in [-0.39, 0.29) is 6.10 Å². The van der Waals surface area contributed by atoms with Gasteiger partial charge in [-0.2, -0.15) is 0 Å². The zero-order valence-electron chi connectivity index (χ0n) is 11.8. The Bertz CT molecular complexity index is 496. The van der Waals surface area contributed by atoms with Crippen LogP contribution in [0.4, 0.5) is 0 Å². The van der Waals surface area contributed by atoms with Crippen molar-refractivity contribution in [1.29, 1.82) is 0 Å². The minimum absolute atomic E-state index is 0.341. The number of aryl methyl sites for hydroxylation is 3. The molecule has 0 amide bonds. The van der Waals surface area contributed by atoms with E-state index in [2.05, 4.69) is 32.0 Å². The average molecular weight is 254 g/mol. The van der Waals surface area contributed by atoms with Gasteiger partial charge in [-0.25, -0.2) is 0 Å². The molecule has 100 valence electrons. The molecule has 0 aliphatic rings. The third-order valence-electron chi connectivity index (χ3n) is 3.41. The summed E-state index contributed by atoms with van der Waals surface area (Å²) in [5.41, 5.74) is 5.03. The van der Waals surface area contributed by atoms with Crippen LogP contribution < -0.4 is 0 Å². The molecule has 0 radical (unpaired) electrons. The topological polar surface area (TPSA) is 20.2 Å². The monoisotopic (exact) mass is 254 g/mol. The molecule has 2 aromatic carbocycles. The lowest BCUT2D eigenvalue weighted by atomic mass is 9.99. The van der Waals surface area contributed by atoms with Crippen LogP contribution in [0.15, 0.2) is 48.5 Å². The maximum absolute atomic E-state index is 10.1. The van der Waals surface area contributed by atoms with E-state index in [1.807, 2.05) is 30.3 Å². The molecule has 1 unspecified atom stereocenters. The van der Waals surface area contributed by atoms with Gasteiger partial charge in [0.05, 0.1) is 6.10 Å². The smallest absolute Gasteiger partial charge is 0.0790 e. The van der Waals surface area contributed by atoms with Crippen LogP contribution in [0.5, 0.6) is 0 Å². The molecule has 1 N–H and O–H groups in total. The molecule has 2 aromatic rings. The van der Waals surface area contributed by atoms with Crippen LogP contribution in [-0.2, 0) is 6.42 Å². The maximum atomic E-state index is 10.1. The Morgan fingerprint density at radius 2 is 1.58 bits per heavy atom. The Balaban J connectivity index is 1.86. The maximum Gasteiger partial charge on any atom is 0.0790 e. The van der Waals surface area contributed by atoms with Crippen molar-refractivity contribution in [2.75, 3.05) is 0 Å². The summed E-state index contributed by atoms with van der Waals surface area (Å²) in [7, 11) is 0. The molecule has 0 saturated carbocycles. The molecule has 19 heavy (non-hydrogen) atoms. The summed E-state index contributed by atoms with van der Waals surface area (Å²) in [6.07, 6.45) is 2.52. The number of rotatable bonds is 5. The predicted molar refractivity (Wildman–Crippen MR) is 80.3 cm³/mol. The molecule has 0 aliphatic heterocycles. The van der Waals surface area contributed by atoms with E-state index in [0.717, 1.165) is 24.8 Å². The van der Waals surface area contributed by atoms with E-state index >= 15 is 0 Å². The van der Waals surface area contributed by atoms with Crippen LogP contribution in [0.1, 0.15) is 41.2 Å². The van der Waals surface area contributed by atoms with Gasteiger partial charge in [-0.1, -0.05) is 59.7 Å². The van der Waals surface area contributed by atoms with Gasteiger partial charge in [0.1, 0.15) is 0 Å². The Morgan fingerprint density at radius 1 is 0.947 bits per heavy atom. The van der Waals surface area contributed by atoms with Gasteiger partial charge in [-0.05, 0) is 44.2 Å². The molecule has 2 rings (SSSR count). The molecule has 0 bridgehead atoms. The average Bonchev–Trinajstić information content (AvgIpc) is 2.38. The van der Waals surface area contributed by atoms with E-state index in [1.54, 1.807) is 0 Å². The van der Waals surface area contributed by atoms with Gasteiger partial charge in [0.15, 0.2) is 0 Å². The molecular weight excluding hydrogens is 232 g/mol. The molecule has 1 atom stereocenters. The standard InChI is InChI=1S/C18H22O/c1-14-11-15(2)13-16(12-14)7-6-10-18(19)17-8-4-3-5-9-17/h3-5,8-9,11-13,18-19H,6-7,10H2,1-2H3. The molecule has 1 heteroatoms. The van der Waals surface area contributed by atoms with Gasteiger partial charge in [0, 0.05) is 0 Å². The summed E-state index contributed by atoms with van der Waals surface area (Å²) >= 11 is 0. The first-order chi connectivity index (χ1) is 9.15. The lowest BCUT2D eigenvalue weighted by Crippen LogP contribution is -1.98. The highest BCUT2D eigenvalue weighted by molar-refractivity contribution is 5.28. The molecule has 0 fully saturated rings. The fourth-order valence-corrected chi connectivity index (χ4v) is 2.55. The number of hydrogen-bond donors (Lipinski definition) is 1. The highest BCUT2D eigenvalue weighted by Crippen LogP contribution is 2.19. The van der Waals surface area contributed by atoms with Crippen LogP contribution >= 0.6 is 0 Å². The van der Waals surface area contributed by atoms with Crippen molar-refractivity contribution in [3.05, 3.63) is 70.8 Å². The van der Waals surface area contributed by atoms with Crippen molar-refractivity contribution in [1.82, 2.24) is 0 Å². The summed E-state index contributed by atoms with van der Waals surface area (Å²) in [5.74, 6) is 0. The third kappa shape index (κ3) is 4.22. The summed E-state index contributed by atoms with van der Waals surface area (Å²) < 4.78 is 0. The van der Waals surface area contributed by atoms with E-state index in [4.69, 9.17) is 0 Å². The van der Waals surface area contributed by atoms with Crippen molar-refractivity contribution in [2.24, 2.45) is 0 Å². The van der Waals surface area contributed by atoms with Crippen LogP contribution in [-0.4, -0.2) is 5.11 Å². The minimum Gasteiger partial charge on any atom is -0.388 e. The summed E-state index contributed by atoms with van der Waals surface area (Å²) in [6.45, 7) is 4.27. The van der Waals surface area contributed by atoms with Crippen molar-refractivity contribution in [3.63, 3.8) is 0 Å². The van der Waals surface area contributed by atoms with E-state index in [0.29, 0.717) is 0 Å². The minimum atomic E-state index is -0.341. The van der Waals surface area contributed by atoms with Gasteiger partial charge in [0.2, 0.25) is 0 Å². The van der Waals surface area contributed by atoms with Gasteiger partial charge in [0.25, 0.3) is 0 Å². The van der Waals surface area contributed by atoms with E-state index < -0.39 is 0 Å². The summed E-state index contributed by atoms with van der Waals surface area (Å²) in [4.78, 5) is 0. The zero-order chi connectivity index (χ0) is 13.7. The fraction of sp³-hybridized carbons (Fsp3) is 0.333. The second-order valence-corrected chi connectivity index (χ2v) is 5.31. The van der Waals surface area contributed by atoms with Crippen LogP contribution in [0.25, 0.3) is 0 Å². The number of aliphatic hydroxyl groups is 1. The van der Waals surface area contributed by atoms with Gasteiger partial charge < -0.3 is 5.11 Å². The van der Waals surface area contributed by atoms with E-state index in [9.17, 15) is 5.11 Å². The molecule has 0 heterocycles. The van der Waals surface area contributed by atoms with Crippen molar-refractivity contribution >= 4 is 0 Å². The van der Waals surface area contributed by atoms with Crippen molar-refractivity contribution in [2.45, 2.75) is 39.2 Å². The zero-order valence-corrected chi connectivity index (χ0v) is 11.8. The second-order valence-electron chi connectivity index (χ2n) is 5.31. The van der Waals surface area contributed by atoms with Crippen molar-refractivity contribution < 1.29 is 5.11 Å². The first-order valence-corrected chi connectivity index (χ1v) is 6.95. The Kier molecular flexibility index (Phi) is 4.75. The van der Waals surface area contributed by atoms with Crippen molar-refractivity contribution in [3.8, 4) is 0 Å². The highest BCUT2D eigenvalue weighted by Gasteiger charge is 2.06. The molecule has 1 nitrogen and oxygen atoms in total. The lowest BCUT2D eigenvalue weighted by molar-refractivity contribution is 0.164. The van der Waals surface area contributed by atoms with Gasteiger partial charge in [-0.3, -0.25) is 0 Å². The van der Waals surface area contributed by atoms with Gasteiger partial charge >= 0.3 is 0 Å². The lowest BCUT2D eigenvalue weighted by Gasteiger charge is -2.11. The van der Waals surface area contributed by atoms with Crippen LogP contribution in [0.3, 0.4) is 0 Å². The molecule has 0 saturated heterocycles. The third-order valence-corrected chi connectivity index (χ3v) is 3.41. The first-order valence-electron chi connectivity index (χ1n) is 6.95. The second kappa shape index (κ2) is 6.53. The molecular formula is C18H22O. The summed E-state index contributed by atoms with van der Waals surface area (Å²) in [5, 5.41) is 10.1. The number of benzene rings is 2. The van der Waals surface area contributed by atoms with Crippen LogP contribution in [0, 0.1) is 13.8 Å². The number of aliphatic hydroxyl groups excluding tert-OH is 1. The summed E-state index contributed by atoms with van der Waals surface area (Å²) in [6, 6.07) is 16.6. The molecule has 0 spiro atoms. The highest BCUT2D eigenvalue weighted by atomic mass is 16.3. The Labute approximate surface area is 115 Å².